The Labute approximate surface area is 132 Å². The summed E-state index contributed by atoms with van der Waals surface area (Å²) in [5.74, 6) is 0.480. The van der Waals surface area contributed by atoms with Crippen molar-refractivity contribution in [2.45, 2.75) is 6.04 Å². The molecule has 1 aliphatic rings. The first-order valence-electron chi connectivity index (χ1n) is 6.39. The van der Waals surface area contributed by atoms with Crippen molar-refractivity contribution in [1.29, 1.82) is 0 Å². The number of benzene rings is 1. The molecule has 2 N–H and O–H groups in total. The molecule has 0 aliphatic carbocycles. The van der Waals surface area contributed by atoms with Crippen LogP contribution in [0.25, 0.3) is 5.69 Å². The first kappa shape index (κ1) is 15.9. The fourth-order valence-corrected chi connectivity index (χ4v) is 2.05. The molecule has 0 saturated heterocycles. The van der Waals surface area contributed by atoms with Gasteiger partial charge in [0, 0.05) is 24.4 Å². The van der Waals surface area contributed by atoms with Crippen molar-refractivity contribution in [3.05, 3.63) is 36.7 Å². The number of hydrogen-bond donors (Lipinski definition) is 2. The van der Waals surface area contributed by atoms with E-state index in [0.29, 0.717) is 23.7 Å². The molecule has 1 unspecified atom stereocenters. The largest absolute Gasteiger partial charge is 0.497 e. The molecule has 0 radical (unpaired) electrons. The van der Waals surface area contributed by atoms with Crippen molar-refractivity contribution in [2.24, 2.45) is 0 Å². The third-order valence-corrected chi connectivity index (χ3v) is 3.07. The van der Waals surface area contributed by atoms with Gasteiger partial charge in [-0.15, -0.1) is 17.5 Å². The maximum absolute atomic E-state index is 12.1. The number of nitrogens with zero attached hydrogens (tertiary/aromatic N) is 4. The van der Waals surface area contributed by atoms with Crippen LogP contribution in [0, 0.1) is 0 Å². The van der Waals surface area contributed by atoms with Gasteiger partial charge in [0.05, 0.1) is 12.8 Å². The Kier molecular flexibility index (Phi) is 5.08. The number of ether oxygens (including phenoxy) is 1. The molecule has 9 heteroatoms. The summed E-state index contributed by atoms with van der Waals surface area (Å²) >= 11 is 0. The molecule has 1 atom stereocenters. The maximum atomic E-state index is 12.1. The number of carbonyl (C=O) groups excluding carboxylic acids is 1. The number of anilines is 1. The third-order valence-electron chi connectivity index (χ3n) is 3.07. The van der Waals surface area contributed by atoms with Gasteiger partial charge in [-0.05, 0) is 16.5 Å². The fraction of sp³-hybridized carbons (Fsp3) is 0.231. The Bertz CT molecular complexity index is 673. The van der Waals surface area contributed by atoms with Gasteiger partial charge in [-0.2, -0.15) is 0 Å². The van der Waals surface area contributed by atoms with Crippen molar-refractivity contribution < 1.29 is 9.53 Å². The second kappa shape index (κ2) is 7.01. The molecular weight excluding hydrogens is 308 g/mol. The van der Waals surface area contributed by atoms with Crippen LogP contribution >= 0.6 is 12.4 Å². The van der Waals surface area contributed by atoms with Gasteiger partial charge in [0.1, 0.15) is 18.1 Å². The minimum Gasteiger partial charge on any atom is -0.497 e. The fourth-order valence-electron chi connectivity index (χ4n) is 2.05. The van der Waals surface area contributed by atoms with Crippen LogP contribution in [0.5, 0.6) is 5.75 Å². The molecule has 0 fully saturated rings. The van der Waals surface area contributed by atoms with Crippen molar-refractivity contribution >= 4 is 24.0 Å². The van der Waals surface area contributed by atoms with E-state index in [0.717, 1.165) is 0 Å². The average molecular weight is 323 g/mol. The molecule has 1 aromatic heterocycles. The average Bonchev–Trinajstić information content (AvgIpc) is 3.19. The molecule has 2 heterocycles. The number of amides is 1. The Morgan fingerprint density at radius 3 is 2.95 bits per heavy atom. The lowest BCUT2D eigenvalue weighted by Gasteiger charge is -2.12. The summed E-state index contributed by atoms with van der Waals surface area (Å²) in [5.41, 5.74) is 1.32. The van der Waals surface area contributed by atoms with Gasteiger partial charge in [0.25, 0.3) is 0 Å². The lowest BCUT2D eigenvalue weighted by molar-refractivity contribution is -0.116. The first-order chi connectivity index (χ1) is 10.3. The molecule has 1 aliphatic heterocycles. The molecule has 0 bridgehead atoms. The van der Waals surface area contributed by atoms with Crippen LogP contribution in [0.3, 0.4) is 0 Å². The molecule has 8 nitrogen and oxygen atoms in total. The van der Waals surface area contributed by atoms with E-state index in [1.165, 1.54) is 11.0 Å². The smallest absolute Gasteiger partial charge is 0.245 e. The van der Waals surface area contributed by atoms with Gasteiger partial charge in [0.15, 0.2) is 0 Å². The SMILES string of the molecule is COc1cc(NC(=O)C2C=CCN2)cc(-n2cnnn2)c1.Cl. The monoisotopic (exact) mass is 322 g/mol. The van der Waals surface area contributed by atoms with Crippen LogP contribution < -0.4 is 15.4 Å². The summed E-state index contributed by atoms with van der Waals surface area (Å²) in [6, 6.07) is 4.98. The van der Waals surface area contributed by atoms with Gasteiger partial charge in [0.2, 0.25) is 5.91 Å². The highest BCUT2D eigenvalue weighted by molar-refractivity contribution is 5.96. The van der Waals surface area contributed by atoms with Crippen LogP contribution in [-0.4, -0.2) is 45.8 Å². The number of carbonyl (C=O) groups is 1. The molecule has 22 heavy (non-hydrogen) atoms. The number of tetrazole rings is 1. The highest BCUT2D eigenvalue weighted by Gasteiger charge is 2.18. The molecular formula is C13H15ClN6O2. The van der Waals surface area contributed by atoms with E-state index in [1.807, 2.05) is 12.2 Å². The molecule has 0 saturated carbocycles. The van der Waals surface area contributed by atoms with E-state index < -0.39 is 0 Å². The molecule has 2 aromatic rings. The standard InChI is InChI=1S/C13H14N6O2.ClH/c1-21-11-6-9(16-13(20)12-3-2-4-14-12)5-10(7-11)19-8-15-17-18-19;/h2-3,5-8,12,14H,4H2,1H3,(H,16,20);1H. The zero-order valence-electron chi connectivity index (χ0n) is 11.8. The summed E-state index contributed by atoms with van der Waals surface area (Å²) in [7, 11) is 1.56. The van der Waals surface area contributed by atoms with Gasteiger partial charge in [-0.3, -0.25) is 10.1 Å². The van der Waals surface area contributed by atoms with Crippen molar-refractivity contribution in [3.63, 3.8) is 0 Å². The number of aromatic nitrogens is 4. The minimum atomic E-state index is -0.312. The topological polar surface area (TPSA) is 94.0 Å². The number of halogens is 1. The number of methoxy groups -OCH3 is 1. The highest BCUT2D eigenvalue weighted by atomic mass is 35.5. The van der Waals surface area contributed by atoms with Crippen molar-refractivity contribution in [2.75, 3.05) is 19.0 Å². The lowest BCUT2D eigenvalue weighted by Crippen LogP contribution is -2.35. The number of rotatable bonds is 4. The van der Waals surface area contributed by atoms with Crippen LogP contribution in [0.15, 0.2) is 36.7 Å². The van der Waals surface area contributed by atoms with Gasteiger partial charge < -0.3 is 10.1 Å². The molecule has 1 aromatic carbocycles. The molecule has 1 amide bonds. The van der Waals surface area contributed by atoms with Crippen LogP contribution in [-0.2, 0) is 4.79 Å². The quantitative estimate of drug-likeness (QED) is 0.799. The lowest BCUT2D eigenvalue weighted by atomic mass is 10.2. The van der Waals surface area contributed by atoms with Gasteiger partial charge in [-0.1, -0.05) is 12.2 Å². The Balaban J connectivity index is 0.00000176. The third kappa shape index (κ3) is 3.41. The Morgan fingerprint density at radius 2 is 2.32 bits per heavy atom. The van der Waals surface area contributed by atoms with Crippen LogP contribution in [0.4, 0.5) is 5.69 Å². The summed E-state index contributed by atoms with van der Waals surface area (Å²) in [6.45, 7) is 0.700. The zero-order chi connectivity index (χ0) is 14.7. The van der Waals surface area contributed by atoms with Gasteiger partial charge >= 0.3 is 0 Å². The minimum absolute atomic E-state index is 0. The van der Waals surface area contributed by atoms with Crippen molar-refractivity contribution in [3.8, 4) is 11.4 Å². The molecule has 0 spiro atoms. The van der Waals surface area contributed by atoms with Gasteiger partial charge in [-0.25, -0.2) is 4.68 Å². The second-order valence-corrected chi connectivity index (χ2v) is 4.48. The summed E-state index contributed by atoms with van der Waals surface area (Å²) in [6.07, 6.45) is 5.22. The summed E-state index contributed by atoms with van der Waals surface area (Å²) < 4.78 is 6.73. The first-order valence-corrected chi connectivity index (χ1v) is 6.39. The van der Waals surface area contributed by atoms with E-state index in [1.54, 1.807) is 25.3 Å². The molecule has 116 valence electrons. The van der Waals surface area contributed by atoms with Crippen molar-refractivity contribution in [1.82, 2.24) is 25.5 Å². The normalized spacial score (nSPS) is 16.1. The van der Waals surface area contributed by atoms with Crippen LogP contribution in [0.1, 0.15) is 0 Å². The van der Waals surface area contributed by atoms with E-state index in [9.17, 15) is 4.79 Å². The summed E-state index contributed by atoms with van der Waals surface area (Å²) in [5, 5.41) is 16.9. The maximum Gasteiger partial charge on any atom is 0.245 e. The summed E-state index contributed by atoms with van der Waals surface area (Å²) in [4.78, 5) is 12.1. The van der Waals surface area contributed by atoms with E-state index >= 15 is 0 Å². The number of nitrogens with one attached hydrogen (secondary N) is 2. The second-order valence-electron chi connectivity index (χ2n) is 4.48. The van der Waals surface area contributed by atoms with Crippen LogP contribution in [0.2, 0.25) is 0 Å². The number of hydrogen-bond acceptors (Lipinski definition) is 6. The van der Waals surface area contributed by atoms with E-state index in [-0.39, 0.29) is 24.4 Å². The Morgan fingerprint density at radius 1 is 1.45 bits per heavy atom. The predicted molar refractivity (Wildman–Crippen MR) is 82.5 cm³/mol. The highest BCUT2D eigenvalue weighted by Crippen LogP contribution is 2.23. The molecule has 3 rings (SSSR count). The van der Waals surface area contributed by atoms with E-state index in [2.05, 4.69) is 26.2 Å². The Hall–Kier alpha value is -2.45. The van der Waals surface area contributed by atoms with E-state index in [4.69, 9.17) is 4.74 Å². The zero-order valence-corrected chi connectivity index (χ0v) is 12.6. The predicted octanol–water partition coefficient (Wildman–Crippen LogP) is 0.559.